The van der Waals surface area contributed by atoms with Crippen LogP contribution in [0.25, 0.3) is 0 Å². The van der Waals surface area contributed by atoms with E-state index in [0.29, 0.717) is 11.8 Å². The second-order valence-corrected chi connectivity index (χ2v) is 8.32. The number of ether oxygens (including phenoxy) is 1. The van der Waals surface area contributed by atoms with Gasteiger partial charge in [0.25, 0.3) is 0 Å². The van der Waals surface area contributed by atoms with Crippen molar-refractivity contribution >= 4 is 17.7 Å². The number of thioether (sulfide) groups is 1. The van der Waals surface area contributed by atoms with Gasteiger partial charge in [-0.1, -0.05) is 36.8 Å². The molecule has 0 aliphatic carbocycles. The lowest BCUT2D eigenvalue weighted by Gasteiger charge is -2.38. The van der Waals surface area contributed by atoms with Crippen molar-refractivity contribution in [2.24, 2.45) is 0 Å². The monoisotopic (exact) mass is 382 g/mol. The number of hydrogen-bond donors (Lipinski definition) is 1. The lowest BCUT2D eigenvalue weighted by Crippen LogP contribution is -2.51. The van der Waals surface area contributed by atoms with Gasteiger partial charge < -0.3 is 15.0 Å². The third kappa shape index (κ3) is 4.14. The van der Waals surface area contributed by atoms with Gasteiger partial charge in [0.15, 0.2) is 0 Å². The Labute approximate surface area is 165 Å². The van der Waals surface area contributed by atoms with Crippen molar-refractivity contribution in [3.05, 3.63) is 60.2 Å². The second kappa shape index (κ2) is 8.36. The molecule has 0 saturated carbocycles. The summed E-state index contributed by atoms with van der Waals surface area (Å²) < 4.78 is 5.99. The predicted octanol–water partition coefficient (Wildman–Crippen LogP) is 4.58. The molecule has 2 aromatic carbocycles. The standard InChI is InChI=1S/C22H26N2O2S/c1-16(20-12-5-6-13-23-20)24-21(25)15-27-22(24)17-8-7-11-19(14-17)26-18-9-3-2-4-10-18/h2-4,7-11,14,16,20,22-23H,5-6,12-13,15H2,1H3. The van der Waals surface area contributed by atoms with Gasteiger partial charge in [0.05, 0.1) is 5.75 Å². The van der Waals surface area contributed by atoms with E-state index in [1.54, 1.807) is 11.8 Å². The van der Waals surface area contributed by atoms with E-state index in [-0.39, 0.29) is 17.3 Å². The Morgan fingerprint density at radius 2 is 1.93 bits per heavy atom. The van der Waals surface area contributed by atoms with Crippen LogP contribution in [-0.2, 0) is 4.79 Å². The van der Waals surface area contributed by atoms with Gasteiger partial charge in [-0.2, -0.15) is 0 Å². The fraction of sp³-hybridized carbons (Fsp3) is 0.409. The summed E-state index contributed by atoms with van der Waals surface area (Å²) in [6.45, 7) is 3.24. The first-order chi connectivity index (χ1) is 13.2. The van der Waals surface area contributed by atoms with Crippen molar-refractivity contribution < 1.29 is 9.53 Å². The SMILES string of the molecule is CC(C1CCCCN1)N1C(=O)CSC1c1cccc(Oc2ccccc2)c1. The molecule has 2 aromatic rings. The van der Waals surface area contributed by atoms with Crippen LogP contribution in [0.5, 0.6) is 11.5 Å². The number of nitrogens with zero attached hydrogens (tertiary/aromatic N) is 1. The van der Waals surface area contributed by atoms with Crippen LogP contribution in [0.4, 0.5) is 0 Å². The molecule has 0 spiro atoms. The molecule has 1 N–H and O–H groups in total. The first-order valence-electron chi connectivity index (χ1n) is 9.71. The van der Waals surface area contributed by atoms with Gasteiger partial charge in [0.1, 0.15) is 16.9 Å². The lowest BCUT2D eigenvalue weighted by molar-refractivity contribution is -0.130. The van der Waals surface area contributed by atoms with Gasteiger partial charge in [0.2, 0.25) is 5.91 Å². The van der Waals surface area contributed by atoms with Crippen LogP contribution in [-0.4, -0.2) is 35.2 Å². The summed E-state index contributed by atoms with van der Waals surface area (Å²) in [7, 11) is 0. The highest BCUT2D eigenvalue weighted by Gasteiger charge is 2.39. The quantitative estimate of drug-likeness (QED) is 0.822. The number of nitrogens with one attached hydrogen (secondary N) is 1. The van der Waals surface area contributed by atoms with Crippen molar-refractivity contribution in [3.63, 3.8) is 0 Å². The number of piperidine rings is 1. The molecular weight excluding hydrogens is 356 g/mol. The molecule has 2 saturated heterocycles. The van der Waals surface area contributed by atoms with Crippen LogP contribution in [0.2, 0.25) is 0 Å². The summed E-state index contributed by atoms with van der Waals surface area (Å²) in [5, 5.41) is 3.66. The molecule has 4 rings (SSSR count). The zero-order chi connectivity index (χ0) is 18.6. The molecule has 2 aliphatic heterocycles. The van der Waals surface area contributed by atoms with Crippen molar-refractivity contribution in [1.82, 2.24) is 10.2 Å². The number of para-hydroxylation sites is 1. The maximum Gasteiger partial charge on any atom is 0.234 e. The molecule has 27 heavy (non-hydrogen) atoms. The highest BCUT2D eigenvalue weighted by atomic mass is 32.2. The minimum absolute atomic E-state index is 0.0514. The Kier molecular flexibility index (Phi) is 5.69. The normalized spacial score (nSPS) is 24.0. The highest BCUT2D eigenvalue weighted by Crippen LogP contribution is 2.42. The summed E-state index contributed by atoms with van der Waals surface area (Å²) in [4.78, 5) is 14.7. The predicted molar refractivity (Wildman–Crippen MR) is 110 cm³/mol. The number of benzene rings is 2. The van der Waals surface area contributed by atoms with Gasteiger partial charge in [-0.3, -0.25) is 4.79 Å². The van der Waals surface area contributed by atoms with E-state index in [1.807, 2.05) is 42.5 Å². The molecule has 5 heteroatoms. The van der Waals surface area contributed by atoms with Gasteiger partial charge in [-0.15, -0.1) is 11.8 Å². The Morgan fingerprint density at radius 1 is 1.11 bits per heavy atom. The Bertz CT molecular complexity index is 777. The molecule has 3 unspecified atom stereocenters. The van der Waals surface area contributed by atoms with Crippen molar-refractivity contribution in [3.8, 4) is 11.5 Å². The Hall–Kier alpha value is -1.98. The largest absolute Gasteiger partial charge is 0.457 e. The number of carbonyl (C=O) groups excluding carboxylic acids is 1. The first-order valence-corrected chi connectivity index (χ1v) is 10.8. The molecule has 0 aromatic heterocycles. The van der Waals surface area contributed by atoms with E-state index in [0.717, 1.165) is 30.0 Å². The van der Waals surface area contributed by atoms with Crippen LogP contribution >= 0.6 is 11.8 Å². The van der Waals surface area contributed by atoms with E-state index in [1.165, 1.54) is 12.8 Å². The van der Waals surface area contributed by atoms with Gasteiger partial charge >= 0.3 is 0 Å². The van der Waals surface area contributed by atoms with E-state index < -0.39 is 0 Å². The van der Waals surface area contributed by atoms with Gasteiger partial charge in [-0.05, 0) is 56.1 Å². The van der Waals surface area contributed by atoms with Gasteiger partial charge in [0, 0.05) is 12.1 Å². The Balaban J connectivity index is 1.54. The van der Waals surface area contributed by atoms with Crippen LogP contribution in [0.15, 0.2) is 54.6 Å². The summed E-state index contributed by atoms with van der Waals surface area (Å²) in [6, 6.07) is 18.5. The van der Waals surface area contributed by atoms with E-state index in [2.05, 4.69) is 29.3 Å². The van der Waals surface area contributed by atoms with Gasteiger partial charge in [-0.25, -0.2) is 0 Å². The number of amides is 1. The third-order valence-corrected chi connectivity index (χ3v) is 6.63. The minimum Gasteiger partial charge on any atom is -0.457 e. The maximum absolute atomic E-state index is 12.7. The molecule has 0 radical (unpaired) electrons. The zero-order valence-corrected chi connectivity index (χ0v) is 16.5. The van der Waals surface area contributed by atoms with Crippen molar-refractivity contribution in [2.75, 3.05) is 12.3 Å². The molecule has 0 bridgehead atoms. The maximum atomic E-state index is 12.7. The molecule has 2 heterocycles. The van der Waals surface area contributed by atoms with Crippen molar-refractivity contribution in [1.29, 1.82) is 0 Å². The van der Waals surface area contributed by atoms with Crippen LogP contribution in [0.1, 0.15) is 37.1 Å². The zero-order valence-electron chi connectivity index (χ0n) is 15.6. The fourth-order valence-corrected chi connectivity index (χ4v) is 5.23. The van der Waals surface area contributed by atoms with Crippen LogP contribution in [0, 0.1) is 0 Å². The molecule has 2 fully saturated rings. The molecular formula is C22H26N2O2S. The number of rotatable bonds is 5. The highest BCUT2D eigenvalue weighted by molar-refractivity contribution is 8.00. The van der Waals surface area contributed by atoms with E-state index in [9.17, 15) is 4.79 Å². The first kappa shape index (κ1) is 18.4. The molecule has 142 valence electrons. The minimum atomic E-state index is 0.0514. The molecule has 4 nitrogen and oxygen atoms in total. The molecule has 3 atom stereocenters. The number of hydrogen-bond acceptors (Lipinski definition) is 4. The number of carbonyl (C=O) groups is 1. The average Bonchev–Trinajstić information content (AvgIpc) is 3.10. The fourth-order valence-electron chi connectivity index (χ4n) is 3.97. The summed E-state index contributed by atoms with van der Waals surface area (Å²) in [5.74, 6) is 2.41. The topological polar surface area (TPSA) is 41.6 Å². The lowest BCUT2D eigenvalue weighted by atomic mass is 9.97. The van der Waals surface area contributed by atoms with Crippen LogP contribution in [0.3, 0.4) is 0 Å². The summed E-state index contributed by atoms with van der Waals surface area (Å²) in [6.07, 6.45) is 3.61. The van der Waals surface area contributed by atoms with E-state index in [4.69, 9.17) is 4.74 Å². The van der Waals surface area contributed by atoms with E-state index >= 15 is 0 Å². The Morgan fingerprint density at radius 3 is 2.70 bits per heavy atom. The summed E-state index contributed by atoms with van der Waals surface area (Å²) >= 11 is 1.71. The van der Waals surface area contributed by atoms with Crippen molar-refractivity contribution in [2.45, 2.75) is 43.6 Å². The second-order valence-electron chi connectivity index (χ2n) is 7.25. The smallest absolute Gasteiger partial charge is 0.234 e. The molecule has 2 aliphatic rings. The summed E-state index contributed by atoms with van der Waals surface area (Å²) in [5.41, 5.74) is 1.13. The average molecular weight is 383 g/mol. The van der Waals surface area contributed by atoms with Crippen LogP contribution < -0.4 is 10.1 Å². The third-order valence-electron chi connectivity index (χ3n) is 5.40. The molecule has 1 amide bonds.